The van der Waals surface area contributed by atoms with Gasteiger partial charge in [0.2, 0.25) is 0 Å². The predicted molar refractivity (Wildman–Crippen MR) is 76.2 cm³/mol. The van der Waals surface area contributed by atoms with Gasteiger partial charge in [-0.05, 0) is 25.1 Å². The molecule has 1 aromatic carbocycles. The van der Waals surface area contributed by atoms with Gasteiger partial charge in [0, 0.05) is 30.2 Å². The van der Waals surface area contributed by atoms with Crippen LogP contribution in [0.15, 0.2) is 23.1 Å². The number of hydrogen-bond donors (Lipinski definition) is 1. The highest BCUT2D eigenvalue weighted by atomic mass is 32.2. The summed E-state index contributed by atoms with van der Waals surface area (Å²) in [5, 5.41) is 0. The van der Waals surface area contributed by atoms with Gasteiger partial charge >= 0.3 is 5.97 Å². The van der Waals surface area contributed by atoms with Gasteiger partial charge in [0.25, 0.3) is 5.91 Å². The minimum atomic E-state index is -0.277. The van der Waals surface area contributed by atoms with E-state index in [0.717, 1.165) is 4.90 Å². The maximum Gasteiger partial charge on any atom is 0.316 e. The fraction of sp³-hybridized carbons (Fsp3) is 0.385. The fourth-order valence-corrected chi connectivity index (χ4v) is 2.16. The third kappa shape index (κ3) is 4.48. The van der Waals surface area contributed by atoms with Crippen molar-refractivity contribution in [1.29, 1.82) is 0 Å². The van der Waals surface area contributed by atoms with Crippen molar-refractivity contribution in [3.63, 3.8) is 0 Å². The molecular formula is C13H18N2O3S. The molecule has 0 bridgehead atoms. The van der Waals surface area contributed by atoms with Gasteiger partial charge in [0.15, 0.2) is 0 Å². The van der Waals surface area contributed by atoms with Gasteiger partial charge in [-0.25, -0.2) is 0 Å². The van der Waals surface area contributed by atoms with Crippen molar-refractivity contribution in [2.75, 3.05) is 32.2 Å². The normalized spacial score (nSPS) is 10.1. The van der Waals surface area contributed by atoms with Crippen molar-refractivity contribution in [3.05, 3.63) is 23.8 Å². The zero-order valence-electron chi connectivity index (χ0n) is 11.3. The van der Waals surface area contributed by atoms with E-state index in [1.165, 1.54) is 16.7 Å². The van der Waals surface area contributed by atoms with Crippen LogP contribution < -0.4 is 5.73 Å². The van der Waals surface area contributed by atoms with Crippen LogP contribution in [0.5, 0.6) is 0 Å². The molecule has 0 radical (unpaired) electrons. The van der Waals surface area contributed by atoms with Crippen molar-refractivity contribution < 1.29 is 14.3 Å². The van der Waals surface area contributed by atoms with Gasteiger partial charge in [-0.15, -0.1) is 11.8 Å². The first kappa shape index (κ1) is 15.4. The molecule has 2 N–H and O–H groups in total. The molecule has 19 heavy (non-hydrogen) atoms. The van der Waals surface area contributed by atoms with Crippen molar-refractivity contribution >= 4 is 29.3 Å². The summed E-state index contributed by atoms with van der Waals surface area (Å²) in [5.41, 5.74) is 6.89. The fourth-order valence-electron chi connectivity index (χ4n) is 1.41. The molecule has 0 aliphatic heterocycles. The molecule has 0 spiro atoms. The molecule has 6 heteroatoms. The number of amides is 1. The Morgan fingerprint density at radius 2 is 2.05 bits per heavy atom. The van der Waals surface area contributed by atoms with E-state index in [2.05, 4.69) is 0 Å². The molecule has 104 valence electrons. The van der Waals surface area contributed by atoms with Crippen LogP contribution in [-0.4, -0.2) is 43.2 Å². The van der Waals surface area contributed by atoms with Crippen LogP contribution in [0.2, 0.25) is 0 Å². The van der Waals surface area contributed by atoms with E-state index in [4.69, 9.17) is 10.5 Å². The highest BCUT2D eigenvalue weighted by molar-refractivity contribution is 8.00. The highest BCUT2D eigenvalue weighted by Crippen LogP contribution is 2.26. The van der Waals surface area contributed by atoms with E-state index in [1.807, 2.05) is 0 Å². The number of nitrogen functional groups attached to an aromatic ring is 1. The molecule has 0 aliphatic carbocycles. The molecule has 0 aliphatic rings. The second kappa shape index (κ2) is 7.04. The first-order chi connectivity index (χ1) is 8.95. The summed E-state index contributed by atoms with van der Waals surface area (Å²) in [4.78, 5) is 25.2. The Morgan fingerprint density at radius 1 is 1.37 bits per heavy atom. The summed E-state index contributed by atoms with van der Waals surface area (Å²) in [6.07, 6.45) is 0. The van der Waals surface area contributed by atoms with E-state index in [9.17, 15) is 9.59 Å². The Kier molecular flexibility index (Phi) is 5.69. The third-order valence-electron chi connectivity index (χ3n) is 2.31. The predicted octanol–water partition coefficient (Wildman–Crippen LogP) is 1.63. The topological polar surface area (TPSA) is 72.6 Å². The summed E-state index contributed by atoms with van der Waals surface area (Å²) in [6, 6.07) is 5.07. The van der Waals surface area contributed by atoms with Crippen LogP contribution in [0.4, 0.5) is 5.69 Å². The standard InChI is InChI=1S/C13H18N2O3S/c1-4-18-12(16)8-19-11-6-5-9(7-10(11)14)13(17)15(2)3/h5-7H,4,8,14H2,1-3H3. The molecule has 0 saturated heterocycles. The van der Waals surface area contributed by atoms with Crippen molar-refractivity contribution in [2.24, 2.45) is 0 Å². The Morgan fingerprint density at radius 3 is 2.58 bits per heavy atom. The zero-order chi connectivity index (χ0) is 14.4. The number of esters is 1. The molecule has 0 atom stereocenters. The van der Waals surface area contributed by atoms with Gasteiger partial charge < -0.3 is 15.4 Å². The molecule has 0 fully saturated rings. The first-order valence-electron chi connectivity index (χ1n) is 5.85. The van der Waals surface area contributed by atoms with Crippen molar-refractivity contribution in [1.82, 2.24) is 4.90 Å². The van der Waals surface area contributed by atoms with Crippen molar-refractivity contribution in [2.45, 2.75) is 11.8 Å². The number of carbonyl (C=O) groups is 2. The number of ether oxygens (including phenoxy) is 1. The summed E-state index contributed by atoms with van der Waals surface area (Å²) >= 11 is 1.30. The maximum atomic E-state index is 11.7. The molecule has 0 saturated carbocycles. The van der Waals surface area contributed by atoms with Gasteiger partial charge in [-0.2, -0.15) is 0 Å². The summed E-state index contributed by atoms with van der Waals surface area (Å²) < 4.78 is 4.84. The van der Waals surface area contributed by atoms with Crippen molar-refractivity contribution in [3.8, 4) is 0 Å². The SMILES string of the molecule is CCOC(=O)CSc1ccc(C(=O)N(C)C)cc1N. The van der Waals surface area contributed by atoms with Gasteiger partial charge in [0.05, 0.1) is 12.4 Å². The molecule has 0 heterocycles. The van der Waals surface area contributed by atoms with Crippen LogP contribution in [0.3, 0.4) is 0 Å². The lowest BCUT2D eigenvalue weighted by molar-refractivity contribution is -0.139. The smallest absolute Gasteiger partial charge is 0.316 e. The summed E-state index contributed by atoms with van der Waals surface area (Å²) in [6.45, 7) is 2.13. The van der Waals surface area contributed by atoms with Gasteiger partial charge in [0.1, 0.15) is 0 Å². The monoisotopic (exact) mass is 282 g/mol. The van der Waals surface area contributed by atoms with E-state index in [1.54, 1.807) is 39.2 Å². The number of rotatable bonds is 5. The lowest BCUT2D eigenvalue weighted by Crippen LogP contribution is -2.21. The number of thioether (sulfide) groups is 1. The Hall–Kier alpha value is -1.69. The second-order valence-corrected chi connectivity index (χ2v) is 5.06. The molecule has 1 aromatic rings. The average molecular weight is 282 g/mol. The second-order valence-electron chi connectivity index (χ2n) is 4.05. The number of hydrogen-bond acceptors (Lipinski definition) is 5. The maximum absolute atomic E-state index is 11.7. The number of nitrogens with two attached hydrogens (primary N) is 1. The molecule has 0 unspecified atom stereocenters. The van der Waals surface area contributed by atoms with E-state index >= 15 is 0 Å². The lowest BCUT2D eigenvalue weighted by atomic mass is 10.2. The Labute approximate surface area is 117 Å². The molecular weight excluding hydrogens is 264 g/mol. The highest BCUT2D eigenvalue weighted by Gasteiger charge is 2.11. The lowest BCUT2D eigenvalue weighted by Gasteiger charge is -2.12. The molecule has 1 amide bonds. The van der Waals surface area contributed by atoms with Crippen LogP contribution >= 0.6 is 11.8 Å². The largest absolute Gasteiger partial charge is 0.465 e. The molecule has 1 rings (SSSR count). The van der Waals surface area contributed by atoms with Crippen LogP contribution in [-0.2, 0) is 9.53 Å². The minimum absolute atomic E-state index is 0.103. The van der Waals surface area contributed by atoms with Crippen LogP contribution in [0.25, 0.3) is 0 Å². The number of carbonyl (C=O) groups excluding carboxylic acids is 2. The number of anilines is 1. The first-order valence-corrected chi connectivity index (χ1v) is 6.83. The van der Waals surface area contributed by atoms with E-state index in [-0.39, 0.29) is 17.6 Å². The third-order valence-corrected chi connectivity index (χ3v) is 3.38. The summed E-state index contributed by atoms with van der Waals surface area (Å²) in [5.74, 6) is -0.173. The number of benzene rings is 1. The Balaban J connectivity index is 2.72. The molecule has 0 aromatic heterocycles. The Bertz CT molecular complexity index is 475. The van der Waals surface area contributed by atoms with E-state index < -0.39 is 0 Å². The average Bonchev–Trinajstić information content (AvgIpc) is 2.36. The quantitative estimate of drug-likeness (QED) is 0.505. The van der Waals surface area contributed by atoms with Crippen LogP contribution in [0, 0.1) is 0 Å². The van der Waals surface area contributed by atoms with Gasteiger partial charge in [-0.3, -0.25) is 9.59 Å². The zero-order valence-corrected chi connectivity index (χ0v) is 12.1. The molecule has 5 nitrogen and oxygen atoms in total. The summed E-state index contributed by atoms with van der Waals surface area (Å²) in [7, 11) is 3.36. The van der Waals surface area contributed by atoms with E-state index in [0.29, 0.717) is 17.9 Å². The number of nitrogens with zero attached hydrogens (tertiary/aromatic N) is 1. The van der Waals surface area contributed by atoms with Crippen LogP contribution in [0.1, 0.15) is 17.3 Å². The van der Waals surface area contributed by atoms with Gasteiger partial charge in [-0.1, -0.05) is 0 Å². The minimum Gasteiger partial charge on any atom is -0.465 e.